The second kappa shape index (κ2) is 7.90. The summed E-state index contributed by atoms with van der Waals surface area (Å²) >= 11 is 0. The highest BCUT2D eigenvalue weighted by Crippen LogP contribution is 2.21. The van der Waals surface area contributed by atoms with Crippen LogP contribution >= 0.6 is 0 Å². The maximum Gasteiger partial charge on any atom is 0.228 e. The van der Waals surface area contributed by atoms with E-state index in [-0.39, 0.29) is 18.1 Å². The highest BCUT2D eigenvalue weighted by Gasteiger charge is 2.13. The summed E-state index contributed by atoms with van der Waals surface area (Å²) in [6.07, 6.45) is 8.13. The molecule has 2 N–H and O–H groups in total. The number of nitrogens with one attached hydrogen (secondary N) is 2. The summed E-state index contributed by atoms with van der Waals surface area (Å²) in [6.45, 7) is 0. The number of anilines is 2. The minimum atomic E-state index is -0.301. The van der Waals surface area contributed by atoms with E-state index in [0.29, 0.717) is 11.7 Å². The molecule has 126 valence electrons. The zero-order valence-electron chi connectivity index (χ0n) is 13.6. The van der Waals surface area contributed by atoms with Crippen LogP contribution in [-0.2, 0) is 11.2 Å². The summed E-state index contributed by atoms with van der Waals surface area (Å²) < 4.78 is 12.9. The standard InChI is InChI=1S/C19H22FN3O/c20-15-8-6-14(7-9-15)12-19(24)23-17-10-11-18(21-13-17)22-16-4-2-1-3-5-16/h6-11,13,16H,1-5,12H2,(H,21,22)(H,23,24). The fourth-order valence-corrected chi connectivity index (χ4v) is 3.00. The van der Waals surface area contributed by atoms with Gasteiger partial charge in [-0.15, -0.1) is 0 Å². The number of benzene rings is 1. The SMILES string of the molecule is O=C(Cc1ccc(F)cc1)Nc1ccc(NC2CCCCC2)nc1. The average molecular weight is 327 g/mol. The number of carbonyl (C=O) groups excluding carboxylic acids is 1. The first-order valence-electron chi connectivity index (χ1n) is 8.46. The fourth-order valence-electron chi connectivity index (χ4n) is 3.00. The topological polar surface area (TPSA) is 54.0 Å². The molecule has 1 fully saturated rings. The van der Waals surface area contributed by atoms with E-state index in [1.54, 1.807) is 18.3 Å². The minimum Gasteiger partial charge on any atom is -0.367 e. The van der Waals surface area contributed by atoms with Gasteiger partial charge in [0.15, 0.2) is 0 Å². The van der Waals surface area contributed by atoms with E-state index in [1.165, 1.54) is 44.2 Å². The lowest BCUT2D eigenvalue weighted by Crippen LogP contribution is -2.22. The number of hydrogen-bond acceptors (Lipinski definition) is 3. The Morgan fingerprint density at radius 1 is 1.08 bits per heavy atom. The summed E-state index contributed by atoms with van der Waals surface area (Å²) in [7, 11) is 0. The third kappa shape index (κ3) is 4.78. The predicted octanol–water partition coefficient (Wildman–Crippen LogP) is 4.15. The first-order valence-corrected chi connectivity index (χ1v) is 8.46. The quantitative estimate of drug-likeness (QED) is 0.867. The van der Waals surface area contributed by atoms with Gasteiger partial charge >= 0.3 is 0 Å². The van der Waals surface area contributed by atoms with E-state index in [1.807, 2.05) is 12.1 Å². The lowest BCUT2D eigenvalue weighted by atomic mass is 9.95. The summed E-state index contributed by atoms with van der Waals surface area (Å²) in [5.41, 5.74) is 1.44. The number of amides is 1. The molecule has 1 amide bonds. The highest BCUT2D eigenvalue weighted by atomic mass is 19.1. The first kappa shape index (κ1) is 16.4. The Bertz CT molecular complexity index is 664. The minimum absolute atomic E-state index is 0.142. The molecule has 5 heteroatoms. The van der Waals surface area contributed by atoms with Crippen molar-refractivity contribution in [3.63, 3.8) is 0 Å². The van der Waals surface area contributed by atoms with Crippen molar-refractivity contribution >= 4 is 17.4 Å². The van der Waals surface area contributed by atoms with Crippen molar-refractivity contribution in [1.82, 2.24) is 4.98 Å². The number of pyridine rings is 1. The van der Waals surface area contributed by atoms with Gasteiger partial charge in [0.05, 0.1) is 18.3 Å². The molecule has 1 aliphatic rings. The maximum atomic E-state index is 12.9. The number of halogens is 1. The van der Waals surface area contributed by atoms with E-state index in [9.17, 15) is 9.18 Å². The van der Waals surface area contributed by atoms with Gasteiger partial charge in [0.1, 0.15) is 11.6 Å². The van der Waals surface area contributed by atoms with Crippen molar-refractivity contribution in [3.05, 3.63) is 54.0 Å². The zero-order valence-corrected chi connectivity index (χ0v) is 13.6. The molecule has 1 aromatic heterocycles. The van der Waals surface area contributed by atoms with E-state index in [4.69, 9.17) is 0 Å². The molecule has 24 heavy (non-hydrogen) atoms. The van der Waals surface area contributed by atoms with Crippen molar-refractivity contribution in [3.8, 4) is 0 Å². The maximum absolute atomic E-state index is 12.9. The van der Waals surface area contributed by atoms with Crippen LogP contribution in [0.1, 0.15) is 37.7 Å². The number of aromatic nitrogens is 1. The molecule has 1 aliphatic carbocycles. The van der Waals surface area contributed by atoms with Gasteiger partial charge in [-0.05, 0) is 42.7 Å². The van der Waals surface area contributed by atoms with Crippen molar-refractivity contribution in [1.29, 1.82) is 0 Å². The van der Waals surface area contributed by atoms with E-state index in [2.05, 4.69) is 15.6 Å². The number of hydrogen-bond donors (Lipinski definition) is 2. The van der Waals surface area contributed by atoms with Crippen LogP contribution in [0.25, 0.3) is 0 Å². The molecule has 1 saturated carbocycles. The van der Waals surface area contributed by atoms with Gasteiger partial charge in [0.25, 0.3) is 0 Å². The molecule has 4 nitrogen and oxygen atoms in total. The monoisotopic (exact) mass is 327 g/mol. The van der Waals surface area contributed by atoms with Crippen molar-refractivity contribution in [2.24, 2.45) is 0 Å². The molecule has 0 aliphatic heterocycles. The molecule has 0 saturated heterocycles. The van der Waals surface area contributed by atoms with Gasteiger partial charge in [0, 0.05) is 6.04 Å². The normalized spacial score (nSPS) is 15.0. The summed E-state index contributed by atoms with van der Waals surface area (Å²) in [6, 6.07) is 10.2. The number of carbonyl (C=O) groups is 1. The first-order chi connectivity index (χ1) is 11.7. The van der Waals surface area contributed by atoms with Crippen LogP contribution in [0.2, 0.25) is 0 Å². The third-order valence-corrected chi connectivity index (χ3v) is 4.28. The number of nitrogens with zero attached hydrogens (tertiary/aromatic N) is 1. The second-order valence-corrected chi connectivity index (χ2v) is 6.26. The van der Waals surface area contributed by atoms with Crippen LogP contribution < -0.4 is 10.6 Å². The Balaban J connectivity index is 1.51. The van der Waals surface area contributed by atoms with Crippen LogP contribution in [0.5, 0.6) is 0 Å². The molecule has 1 heterocycles. The van der Waals surface area contributed by atoms with Crippen LogP contribution in [0, 0.1) is 5.82 Å². The van der Waals surface area contributed by atoms with Gasteiger partial charge < -0.3 is 10.6 Å². The van der Waals surface area contributed by atoms with E-state index >= 15 is 0 Å². The third-order valence-electron chi connectivity index (χ3n) is 4.28. The van der Waals surface area contributed by atoms with E-state index < -0.39 is 0 Å². The lowest BCUT2D eigenvalue weighted by molar-refractivity contribution is -0.115. The molecule has 3 rings (SSSR count). The van der Waals surface area contributed by atoms with Gasteiger partial charge in [0.2, 0.25) is 5.91 Å². The van der Waals surface area contributed by atoms with Crippen LogP contribution in [0.4, 0.5) is 15.9 Å². The Labute approximate surface area is 141 Å². The highest BCUT2D eigenvalue weighted by molar-refractivity contribution is 5.92. The molecule has 0 spiro atoms. The van der Waals surface area contributed by atoms with Crippen molar-refractivity contribution < 1.29 is 9.18 Å². The summed E-state index contributed by atoms with van der Waals surface area (Å²) in [4.78, 5) is 16.4. The zero-order chi connectivity index (χ0) is 16.8. The Morgan fingerprint density at radius 2 is 1.83 bits per heavy atom. The van der Waals surface area contributed by atoms with Gasteiger partial charge in [-0.2, -0.15) is 0 Å². The lowest BCUT2D eigenvalue weighted by Gasteiger charge is -2.23. The van der Waals surface area contributed by atoms with E-state index in [0.717, 1.165) is 11.4 Å². The molecule has 0 radical (unpaired) electrons. The van der Waals surface area contributed by atoms with Crippen LogP contribution in [0.15, 0.2) is 42.6 Å². The van der Waals surface area contributed by atoms with Crippen molar-refractivity contribution in [2.45, 2.75) is 44.6 Å². The molecule has 2 aromatic rings. The van der Waals surface area contributed by atoms with Crippen molar-refractivity contribution in [2.75, 3.05) is 10.6 Å². The summed E-state index contributed by atoms with van der Waals surface area (Å²) in [5, 5.41) is 6.26. The molecule has 0 atom stereocenters. The van der Waals surface area contributed by atoms with Gasteiger partial charge in [-0.3, -0.25) is 4.79 Å². The smallest absolute Gasteiger partial charge is 0.228 e. The molecular weight excluding hydrogens is 305 g/mol. The van der Waals surface area contributed by atoms with Crippen LogP contribution in [-0.4, -0.2) is 16.9 Å². The van der Waals surface area contributed by atoms with Crippen LogP contribution in [0.3, 0.4) is 0 Å². The predicted molar refractivity (Wildman–Crippen MR) is 93.5 cm³/mol. The molecule has 0 unspecified atom stereocenters. The number of rotatable bonds is 5. The van der Waals surface area contributed by atoms with Gasteiger partial charge in [-0.25, -0.2) is 9.37 Å². The second-order valence-electron chi connectivity index (χ2n) is 6.26. The fraction of sp³-hybridized carbons (Fsp3) is 0.368. The Hall–Kier alpha value is -2.43. The van der Waals surface area contributed by atoms with Gasteiger partial charge in [-0.1, -0.05) is 31.4 Å². The average Bonchev–Trinajstić information content (AvgIpc) is 2.60. The summed E-state index contributed by atoms with van der Waals surface area (Å²) in [5.74, 6) is 0.402. The molecular formula is C19H22FN3O. The Kier molecular flexibility index (Phi) is 5.41. The molecule has 0 bridgehead atoms. The largest absolute Gasteiger partial charge is 0.367 e. The Morgan fingerprint density at radius 3 is 2.50 bits per heavy atom. The molecule has 1 aromatic carbocycles.